The average Bonchev–Trinajstić information content (AvgIpc) is 2.74. The summed E-state index contributed by atoms with van der Waals surface area (Å²) in [6.07, 6.45) is 6.30. The van der Waals surface area contributed by atoms with Crippen molar-refractivity contribution in [3.8, 4) is 0 Å². The molecule has 0 unspecified atom stereocenters. The standard InChI is InChI=1S/C13H17N/c1-8-5-6-10-7-9-3-2-4-11(9)13(14)12(8)10/h7-8H,2-6,14H2,1H3/t8-/m0/s1. The van der Waals surface area contributed by atoms with Crippen molar-refractivity contribution >= 4 is 5.69 Å². The Balaban J connectivity index is 2.25. The van der Waals surface area contributed by atoms with Crippen molar-refractivity contribution in [3.05, 3.63) is 28.3 Å². The second kappa shape index (κ2) is 2.75. The van der Waals surface area contributed by atoms with Crippen LogP contribution in [0.4, 0.5) is 5.69 Å². The van der Waals surface area contributed by atoms with E-state index in [1.807, 2.05) is 0 Å². The predicted molar refractivity (Wildman–Crippen MR) is 59.6 cm³/mol. The van der Waals surface area contributed by atoms with Crippen molar-refractivity contribution in [1.82, 2.24) is 0 Å². The van der Waals surface area contributed by atoms with Crippen molar-refractivity contribution < 1.29 is 0 Å². The van der Waals surface area contributed by atoms with E-state index in [2.05, 4.69) is 13.0 Å². The number of anilines is 1. The lowest BCUT2D eigenvalue weighted by Crippen LogP contribution is -2.01. The molecule has 0 heterocycles. The quantitative estimate of drug-likeness (QED) is 0.621. The molecule has 0 amide bonds. The smallest absolute Gasteiger partial charge is 0.0387 e. The molecule has 0 aromatic heterocycles. The van der Waals surface area contributed by atoms with Crippen LogP contribution in [0.5, 0.6) is 0 Å². The second-order valence-corrected chi connectivity index (χ2v) is 4.79. The van der Waals surface area contributed by atoms with Gasteiger partial charge in [0.2, 0.25) is 0 Å². The van der Waals surface area contributed by atoms with Crippen LogP contribution in [0.25, 0.3) is 0 Å². The molecule has 1 atom stereocenters. The average molecular weight is 187 g/mol. The molecule has 0 saturated carbocycles. The van der Waals surface area contributed by atoms with Gasteiger partial charge in [0.05, 0.1) is 0 Å². The number of hydrogen-bond donors (Lipinski definition) is 1. The number of fused-ring (bicyclic) bond motifs is 2. The van der Waals surface area contributed by atoms with Gasteiger partial charge in [-0.2, -0.15) is 0 Å². The Bertz CT molecular complexity index is 393. The molecule has 0 spiro atoms. The fourth-order valence-corrected chi connectivity index (χ4v) is 3.16. The van der Waals surface area contributed by atoms with Gasteiger partial charge in [0.15, 0.2) is 0 Å². The molecule has 0 aliphatic heterocycles. The minimum absolute atomic E-state index is 0.691. The Hall–Kier alpha value is -0.980. The minimum Gasteiger partial charge on any atom is -0.398 e. The summed E-state index contributed by atoms with van der Waals surface area (Å²) < 4.78 is 0. The van der Waals surface area contributed by atoms with E-state index < -0.39 is 0 Å². The van der Waals surface area contributed by atoms with Crippen LogP contribution in [0.3, 0.4) is 0 Å². The second-order valence-electron chi connectivity index (χ2n) is 4.79. The first-order valence-electron chi connectivity index (χ1n) is 5.70. The monoisotopic (exact) mass is 187 g/mol. The van der Waals surface area contributed by atoms with E-state index in [1.54, 1.807) is 0 Å². The summed E-state index contributed by atoms with van der Waals surface area (Å²) >= 11 is 0. The fraction of sp³-hybridized carbons (Fsp3) is 0.538. The lowest BCUT2D eigenvalue weighted by atomic mass is 9.95. The highest BCUT2D eigenvalue weighted by atomic mass is 14.6. The minimum atomic E-state index is 0.691. The van der Waals surface area contributed by atoms with Crippen molar-refractivity contribution in [2.75, 3.05) is 5.73 Å². The number of nitrogen functional groups attached to an aromatic ring is 1. The van der Waals surface area contributed by atoms with Gasteiger partial charge in [0, 0.05) is 5.69 Å². The van der Waals surface area contributed by atoms with Crippen molar-refractivity contribution in [2.24, 2.45) is 0 Å². The summed E-state index contributed by atoms with van der Waals surface area (Å²) in [5.74, 6) is 0.691. The van der Waals surface area contributed by atoms with Gasteiger partial charge in [-0.05, 0) is 60.3 Å². The van der Waals surface area contributed by atoms with Gasteiger partial charge in [0.25, 0.3) is 0 Å². The maximum absolute atomic E-state index is 6.28. The number of nitrogens with two attached hydrogens (primary N) is 1. The van der Waals surface area contributed by atoms with Crippen molar-refractivity contribution in [2.45, 2.75) is 44.9 Å². The molecule has 0 fully saturated rings. The van der Waals surface area contributed by atoms with Crippen LogP contribution < -0.4 is 5.73 Å². The molecular weight excluding hydrogens is 170 g/mol. The van der Waals surface area contributed by atoms with Crippen LogP contribution in [-0.4, -0.2) is 0 Å². The number of aryl methyl sites for hydroxylation is 2. The molecule has 74 valence electrons. The van der Waals surface area contributed by atoms with Gasteiger partial charge < -0.3 is 5.73 Å². The molecule has 1 heteroatoms. The van der Waals surface area contributed by atoms with E-state index in [1.165, 1.54) is 54.4 Å². The maximum Gasteiger partial charge on any atom is 0.0387 e. The Morgan fingerprint density at radius 2 is 2.07 bits per heavy atom. The molecule has 1 nitrogen and oxygen atoms in total. The SMILES string of the molecule is C[C@H]1CCc2cc3c(c(N)c21)CCC3. The number of benzene rings is 1. The molecule has 1 aromatic rings. The lowest BCUT2D eigenvalue weighted by Gasteiger charge is -2.13. The van der Waals surface area contributed by atoms with Gasteiger partial charge in [-0.15, -0.1) is 0 Å². The van der Waals surface area contributed by atoms with Crippen LogP contribution in [0.15, 0.2) is 6.07 Å². The molecule has 2 N–H and O–H groups in total. The van der Waals surface area contributed by atoms with E-state index in [9.17, 15) is 0 Å². The van der Waals surface area contributed by atoms with Crippen LogP contribution in [0.1, 0.15) is 47.9 Å². The third kappa shape index (κ3) is 0.956. The van der Waals surface area contributed by atoms with E-state index in [0.29, 0.717) is 5.92 Å². The molecule has 3 rings (SSSR count). The summed E-state index contributed by atoms with van der Waals surface area (Å²) in [6, 6.07) is 2.43. The van der Waals surface area contributed by atoms with Crippen LogP contribution in [0.2, 0.25) is 0 Å². The Morgan fingerprint density at radius 1 is 1.21 bits per heavy atom. The summed E-state index contributed by atoms with van der Waals surface area (Å²) in [5.41, 5.74) is 13.4. The third-order valence-electron chi connectivity index (χ3n) is 3.91. The number of hydrogen-bond acceptors (Lipinski definition) is 1. The van der Waals surface area contributed by atoms with Crippen LogP contribution in [0, 0.1) is 0 Å². The maximum atomic E-state index is 6.28. The summed E-state index contributed by atoms with van der Waals surface area (Å²) in [5, 5.41) is 0. The zero-order valence-electron chi connectivity index (χ0n) is 8.77. The molecule has 0 saturated heterocycles. The van der Waals surface area contributed by atoms with Crippen molar-refractivity contribution in [1.29, 1.82) is 0 Å². The number of rotatable bonds is 0. The van der Waals surface area contributed by atoms with E-state index in [-0.39, 0.29) is 0 Å². The predicted octanol–water partition coefficient (Wildman–Crippen LogP) is 2.81. The van der Waals surface area contributed by atoms with Gasteiger partial charge >= 0.3 is 0 Å². The highest BCUT2D eigenvalue weighted by Crippen LogP contribution is 2.42. The largest absolute Gasteiger partial charge is 0.398 e. The first-order chi connectivity index (χ1) is 6.77. The van der Waals surface area contributed by atoms with Crippen molar-refractivity contribution in [3.63, 3.8) is 0 Å². The summed E-state index contributed by atoms with van der Waals surface area (Å²) in [7, 11) is 0. The Morgan fingerprint density at radius 3 is 2.93 bits per heavy atom. The zero-order chi connectivity index (χ0) is 9.71. The van der Waals surface area contributed by atoms with Gasteiger partial charge in [0.1, 0.15) is 0 Å². The lowest BCUT2D eigenvalue weighted by molar-refractivity contribution is 0.748. The highest BCUT2D eigenvalue weighted by molar-refractivity contribution is 5.64. The fourth-order valence-electron chi connectivity index (χ4n) is 3.16. The molecule has 1 aromatic carbocycles. The molecule has 0 radical (unpaired) electrons. The van der Waals surface area contributed by atoms with Crippen LogP contribution >= 0.6 is 0 Å². The molecule has 2 aliphatic rings. The van der Waals surface area contributed by atoms with Gasteiger partial charge in [-0.3, -0.25) is 0 Å². The zero-order valence-corrected chi connectivity index (χ0v) is 8.77. The van der Waals surface area contributed by atoms with Crippen LogP contribution in [-0.2, 0) is 19.3 Å². The molecule has 14 heavy (non-hydrogen) atoms. The van der Waals surface area contributed by atoms with E-state index >= 15 is 0 Å². The van der Waals surface area contributed by atoms with E-state index in [0.717, 1.165) is 5.69 Å². The first-order valence-corrected chi connectivity index (χ1v) is 5.70. The first kappa shape index (κ1) is 8.34. The normalized spacial score (nSPS) is 23.6. The summed E-state index contributed by atoms with van der Waals surface area (Å²) in [4.78, 5) is 0. The van der Waals surface area contributed by atoms with E-state index in [4.69, 9.17) is 5.73 Å². The van der Waals surface area contributed by atoms with Gasteiger partial charge in [-0.1, -0.05) is 13.0 Å². The third-order valence-corrected chi connectivity index (χ3v) is 3.91. The topological polar surface area (TPSA) is 26.0 Å². The molecule has 0 bridgehead atoms. The molecule has 2 aliphatic carbocycles. The highest BCUT2D eigenvalue weighted by Gasteiger charge is 2.26. The molecular formula is C13H17N. The van der Waals surface area contributed by atoms with Gasteiger partial charge in [-0.25, -0.2) is 0 Å². The Labute approximate surface area is 85.3 Å². The summed E-state index contributed by atoms with van der Waals surface area (Å²) in [6.45, 7) is 2.31. The Kier molecular flexibility index (Phi) is 1.64.